The molecule has 0 saturated heterocycles. The number of fused-ring (bicyclic) bond motifs is 1. The first kappa shape index (κ1) is 22.0. The van der Waals surface area contributed by atoms with Gasteiger partial charge in [0.2, 0.25) is 0 Å². The molecule has 5 aromatic rings. The van der Waals surface area contributed by atoms with Crippen molar-refractivity contribution in [1.29, 1.82) is 0 Å². The Labute approximate surface area is 200 Å². The van der Waals surface area contributed by atoms with Crippen molar-refractivity contribution in [1.82, 2.24) is 25.1 Å². The summed E-state index contributed by atoms with van der Waals surface area (Å²) >= 11 is 6.42. The molecular formula is C24H18ClN5O3S. The lowest BCUT2D eigenvalue weighted by molar-refractivity contribution is 0.486. The van der Waals surface area contributed by atoms with E-state index in [-0.39, 0.29) is 4.90 Å². The summed E-state index contributed by atoms with van der Waals surface area (Å²) in [5.41, 5.74) is 3.59. The van der Waals surface area contributed by atoms with Crippen molar-refractivity contribution < 1.29 is 13.2 Å². The Morgan fingerprint density at radius 1 is 1.03 bits per heavy atom. The number of H-pyrrole nitrogens is 1. The van der Waals surface area contributed by atoms with Gasteiger partial charge in [-0.25, -0.2) is 8.42 Å². The van der Waals surface area contributed by atoms with Gasteiger partial charge in [-0.1, -0.05) is 11.6 Å². The predicted octanol–water partition coefficient (Wildman–Crippen LogP) is 4.85. The number of nitrogens with one attached hydrogen (secondary N) is 1. The molecule has 3 heterocycles. The van der Waals surface area contributed by atoms with Crippen LogP contribution in [0.2, 0.25) is 5.02 Å². The van der Waals surface area contributed by atoms with E-state index in [0.717, 1.165) is 28.6 Å². The zero-order chi connectivity index (χ0) is 23.7. The zero-order valence-corrected chi connectivity index (χ0v) is 19.5. The summed E-state index contributed by atoms with van der Waals surface area (Å²) in [6.45, 7) is 0. The lowest BCUT2D eigenvalue weighted by atomic mass is 10.0. The predicted molar refractivity (Wildman–Crippen MR) is 129 cm³/mol. The molecule has 0 bridgehead atoms. The van der Waals surface area contributed by atoms with E-state index in [9.17, 15) is 8.42 Å². The number of aromatic amines is 1. The normalized spacial score (nSPS) is 11.6. The van der Waals surface area contributed by atoms with Crippen molar-refractivity contribution in [3.63, 3.8) is 0 Å². The standard InChI is InChI=1S/C24H18ClN5O3S/c1-34(31,32)18-6-4-17(5-7-18)33-22-12-15(23-20(25)3-2-8-28-23)11-19-21(29-30-24(19)22)13-16-14-26-9-10-27-16/h2-12,14H,13H2,1H3,(H,29,30). The SMILES string of the molecule is CS(=O)(=O)c1ccc(Oc2cc(-c3ncccc3Cl)cc3c(Cc4cnccn4)[nH]nc23)cc1. The molecule has 0 spiro atoms. The fourth-order valence-electron chi connectivity index (χ4n) is 3.57. The quantitative estimate of drug-likeness (QED) is 0.361. The van der Waals surface area contributed by atoms with E-state index < -0.39 is 9.84 Å². The third kappa shape index (κ3) is 4.48. The van der Waals surface area contributed by atoms with Crippen molar-refractivity contribution in [2.45, 2.75) is 11.3 Å². The molecule has 0 radical (unpaired) electrons. The third-order valence-electron chi connectivity index (χ3n) is 5.19. The van der Waals surface area contributed by atoms with Gasteiger partial charge < -0.3 is 4.74 Å². The van der Waals surface area contributed by atoms with Crippen LogP contribution in [-0.4, -0.2) is 39.8 Å². The molecule has 0 amide bonds. The first-order valence-electron chi connectivity index (χ1n) is 10.2. The highest BCUT2D eigenvalue weighted by atomic mass is 35.5. The molecule has 0 saturated carbocycles. The number of sulfone groups is 1. The van der Waals surface area contributed by atoms with Crippen molar-refractivity contribution >= 4 is 32.3 Å². The minimum Gasteiger partial charge on any atom is -0.455 e. The number of hydrogen-bond donors (Lipinski definition) is 1. The average Bonchev–Trinajstić information content (AvgIpc) is 3.23. The third-order valence-corrected chi connectivity index (χ3v) is 6.62. The second kappa shape index (κ2) is 8.85. The molecule has 2 aromatic carbocycles. The molecule has 170 valence electrons. The Morgan fingerprint density at radius 2 is 1.85 bits per heavy atom. The van der Waals surface area contributed by atoms with Crippen LogP contribution in [0.3, 0.4) is 0 Å². The highest BCUT2D eigenvalue weighted by Crippen LogP contribution is 2.37. The molecule has 0 atom stereocenters. The van der Waals surface area contributed by atoms with Crippen LogP contribution < -0.4 is 4.74 Å². The van der Waals surface area contributed by atoms with Crippen LogP contribution in [-0.2, 0) is 16.3 Å². The van der Waals surface area contributed by atoms with Gasteiger partial charge in [0.1, 0.15) is 11.3 Å². The summed E-state index contributed by atoms with van der Waals surface area (Å²) in [6.07, 6.45) is 8.29. The van der Waals surface area contributed by atoms with Gasteiger partial charge >= 0.3 is 0 Å². The summed E-state index contributed by atoms with van der Waals surface area (Å²) in [7, 11) is -3.31. The highest BCUT2D eigenvalue weighted by Gasteiger charge is 2.17. The largest absolute Gasteiger partial charge is 0.455 e. The number of nitrogens with zero attached hydrogens (tertiary/aromatic N) is 4. The fourth-order valence-corrected chi connectivity index (χ4v) is 4.43. The minimum absolute atomic E-state index is 0.213. The number of pyridine rings is 1. The van der Waals surface area contributed by atoms with E-state index in [0.29, 0.717) is 34.2 Å². The van der Waals surface area contributed by atoms with Crippen LogP contribution in [0, 0.1) is 0 Å². The van der Waals surface area contributed by atoms with Crippen LogP contribution in [0.25, 0.3) is 22.2 Å². The molecular weight excluding hydrogens is 474 g/mol. The summed E-state index contributed by atoms with van der Waals surface area (Å²) in [6, 6.07) is 13.5. The van der Waals surface area contributed by atoms with E-state index in [2.05, 4.69) is 25.1 Å². The molecule has 0 aliphatic heterocycles. The van der Waals surface area contributed by atoms with Crippen molar-refractivity contribution in [2.24, 2.45) is 0 Å². The van der Waals surface area contributed by atoms with E-state index in [1.54, 1.807) is 49.1 Å². The van der Waals surface area contributed by atoms with Crippen LogP contribution in [0.1, 0.15) is 11.4 Å². The summed E-state index contributed by atoms with van der Waals surface area (Å²) < 4.78 is 29.7. The Bertz CT molecular complexity index is 1590. The Balaban J connectivity index is 1.62. The van der Waals surface area contributed by atoms with Gasteiger partial charge in [0, 0.05) is 54.1 Å². The van der Waals surface area contributed by atoms with E-state index >= 15 is 0 Å². The van der Waals surface area contributed by atoms with Gasteiger partial charge in [0.05, 0.1) is 21.3 Å². The molecule has 0 aliphatic rings. The Kier molecular flexibility index (Phi) is 5.72. The Morgan fingerprint density at radius 3 is 2.56 bits per heavy atom. The van der Waals surface area contributed by atoms with Gasteiger partial charge in [-0.3, -0.25) is 20.1 Å². The topological polar surface area (TPSA) is 111 Å². The van der Waals surface area contributed by atoms with E-state index in [4.69, 9.17) is 16.3 Å². The number of benzene rings is 2. The van der Waals surface area contributed by atoms with Crippen LogP contribution >= 0.6 is 11.6 Å². The molecule has 5 rings (SSSR count). The molecule has 3 aromatic heterocycles. The highest BCUT2D eigenvalue weighted by molar-refractivity contribution is 7.90. The lowest BCUT2D eigenvalue weighted by Gasteiger charge is -2.11. The second-order valence-electron chi connectivity index (χ2n) is 7.63. The number of rotatable bonds is 6. The smallest absolute Gasteiger partial charge is 0.175 e. The van der Waals surface area contributed by atoms with Crippen molar-refractivity contribution in [3.8, 4) is 22.8 Å². The average molecular weight is 492 g/mol. The maximum absolute atomic E-state index is 11.8. The molecule has 0 unspecified atom stereocenters. The van der Waals surface area contributed by atoms with Gasteiger partial charge in [-0.2, -0.15) is 5.10 Å². The molecule has 10 heteroatoms. The fraction of sp³-hybridized carbons (Fsp3) is 0.0833. The van der Waals surface area contributed by atoms with Gasteiger partial charge in [0.25, 0.3) is 0 Å². The van der Waals surface area contributed by atoms with Crippen LogP contribution in [0.15, 0.2) is 78.2 Å². The second-order valence-corrected chi connectivity index (χ2v) is 10.0. The molecule has 8 nitrogen and oxygen atoms in total. The monoisotopic (exact) mass is 491 g/mol. The Hall–Kier alpha value is -3.82. The van der Waals surface area contributed by atoms with Gasteiger partial charge in [-0.15, -0.1) is 0 Å². The summed E-state index contributed by atoms with van der Waals surface area (Å²) in [5, 5.41) is 8.89. The minimum atomic E-state index is -3.31. The molecule has 0 fully saturated rings. The van der Waals surface area contributed by atoms with Crippen LogP contribution in [0.5, 0.6) is 11.5 Å². The number of ether oxygens (including phenoxy) is 1. The van der Waals surface area contributed by atoms with E-state index in [1.165, 1.54) is 12.1 Å². The molecule has 1 N–H and O–H groups in total. The van der Waals surface area contributed by atoms with Crippen molar-refractivity contribution in [3.05, 3.63) is 89.7 Å². The zero-order valence-electron chi connectivity index (χ0n) is 17.9. The number of hydrogen-bond acceptors (Lipinski definition) is 7. The first-order chi connectivity index (χ1) is 16.4. The van der Waals surface area contributed by atoms with Gasteiger partial charge in [0.15, 0.2) is 15.6 Å². The van der Waals surface area contributed by atoms with Crippen molar-refractivity contribution in [2.75, 3.05) is 6.26 Å². The maximum atomic E-state index is 11.8. The summed E-state index contributed by atoms with van der Waals surface area (Å²) in [4.78, 5) is 13.1. The summed E-state index contributed by atoms with van der Waals surface area (Å²) in [5.74, 6) is 0.944. The maximum Gasteiger partial charge on any atom is 0.175 e. The van der Waals surface area contributed by atoms with Gasteiger partial charge in [-0.05, 0) is 48.5 Å². The number of aromatic nitrogens is 5. The first-order valence-corrected chi connectivity index (χ1v) is 12.5. The molecule has 0 aliphatic carbocycles. The van der Waals surface area contributed by atoms with E-state index in [1.807, 2.05) is 12.1 Å². The van der Waals surface area contributed by atoms with Crippen LogP contribution in [0.4, 0.5) is 0 Å². The lowest BCUT2D eigenvalue weighted by Crippen LogP contribution is -1.96. The molecule has 34 heavy (non-hydrogen) atoms. The number of halogens is 1.